The molecule has 8 heteroatoms. The smallest absolute Gasteiger partial charge is 0.342 e. The lowest BCUT2D eigenvalue weighted by Gasteiger charge is -2.13. The van der Waals surface area contributed by atoms with Crippen LogP contribution in [0.5, 0.6) is 0 Å². The summed E-state index contributed by atoms with van der Waals surface area (Å²) in [6, 6.07) is 3.37. The van der Waals surface area contributed by atoms with E-state index in [1.165, 1.54) is 13.0 Å². The van der Waals surface area contributed by atoms with Gasteiger partial charge in [-0.2, -0.15) is 5.10 Å². The van der Waals surface area contributed by atoms with E-state index in [2.05, 4.69) is 15.5 Å². The van der Waals surface area contributed by atoms with Crippen LogP contribution in [0.15, 0.2) is 24.4 Å². The maximum Gasteiger partial charge on any atom is 0.342 e. The summed E-state index contributed by atoms with van der Waals surface area (Å²) >= 11 is 0. The number of ether oxygens (including phenoxy) is 1. The van der Waals surface area contributed by atoms with Gasteiger partial charge in [-0.3, -0.25) is 9.89 Å². The van der Waals surface area contributed by atoms with Crippen LogP contribution in [0, 0.1) is 11.6 Å². The van der Waals surface area contributed by atoms with Crippen molar-refractivity contribution in [2.24, 2.45) is 0 Å². The van der Waals surface area contributed by atoms with Crippen molar-refractivity contribution in [2.75, 3.05) is 6.54 Å². The minimum absolute atomic E-state index is 0.0938. The summed E-state index contributed by atoms with van der Waals surface area (Å²) in [6.07, 6.45) is 0.522. The van der Waals surface area contributed by atoms with Gasteiger partial charge in [-0.1, -0.05) is 6.07 Å². The molecule has 1 aromatic carbocycles. The number of amides is 1. The number of carbonyl (C=O) groups is 2. The van der Waals surface area contributed by atoms with E-state index < -0.39 is 23.7 Å². The average molecular weight is 323 g/mol. The molecule has 0 spiro atoms. The Morgan fingerprint density at radius 2 is 2.00 bits per heavy atom. The quantitative estimate of drug-likeness (QED) is 0.825. The van der Waals surface area contributed by atoms with Gasteiger partial charge < -0.3 is 10.1 Å². The zero-order chi connectivity index (χ0) is 17.0. The molecule has 1 heterocycles. The summed E-state index contributed by atoms with van der Waals surface area (Å²) < 4.78 is 32.8. The zero-order valence-electron chi connectivity index (χ0n) is 12.5. The Bertz CT molecular complexity index is 710. The zero-order valence-corrected chi connectivity index (χ0v) is 12.5. The van der Waals surface area contributed by atoms with E-state index in [4.69, 9.17) is 4.74 Å². The SMILES string of the molecule is CC(=O)NC[C@H](C)OC(=O)c1cn[nH]c1-c1c(F)cccc1F. The Hall–Kier alpha value is -2.77. The number of carbonyl (C=O) groups excluding carboxylic acids is 2. The Morgan fingerprint density at radius 3 is 2.61 bits per heavy atom. The van der Waals surface area contributed by atoms with Gasteiger partial charge in [0.25, 0.3) is 0 Å². The molecule has 0 bridgehead atoms. The first kappa shape index (κ1) is 16.6. The predicted octanol–water partition coefficient (Wildman–Crippen LogP) is 2.04. The van der Waals surface area contributed by atoms with E-state index in [1.807, 2.05) is 0 Å². The van der Waals surface area contributed by atoms with E-state index in [1.54, 1.807) is 6.92 Å². The fourth-order valence-corrected chi connectivity index (χ4v) is 1.94. The highest BCUT2D eigenvalue weighted by Crippen LogP contribution is 2.27. The molecule has 0 saturated carbocycles. The number of nitrogens with zero attached hydrogens (tertiary/aromatic N) is 1. The highest BCUT2D eigenvalue weighted by Gasteiger charge is 2.23. The summed E-state index contributed by atoms with van der Waals surface area (Å²) in [5.41, 5.74) is -0.576. The van der Waals surface area contributed by atoms with Crippen LogP contribution in [0.3, 0.4) is 0 Å². The van der Waals surface area contributed by atoms with Crippen LogP contribution >= 0.6 is 0 Å². The van der Waals surface area contributed by atoms with Gasteiger partial charge in [-0.25, -0.2) is 13.6 Å². The van der Waals surface area contributed by atoms with Gasteiger partial charge in [0.1, 0.15) is 23.3 Å². The lowest BCUT2D eigenvalue weighted by Crippen LogP contribution is -2.31. The molecule has 2 rings (SSSR count). The number of rotatable bonds is 5. The minimum Gasteiger partial charge on any atom is -0.457 e. The molecule has 0 aliphatic heterocycles. The summed E-state index contributed by atoms with van der Waals surface area (Å²) in [5.74, 6) is -2.70. The topological polar surface area (TPSA) is 84.1 Å². The van der Waals surface area contributed by atoms with Crippen LogP contribution < -0.4 is 5.32 Å². The minimum atomic E-state index is -0.824. The van der Waals surface area contributed by atoms with Gasteiger partial charge in [0.05, 0.1) is 24.0 Å². The molecule has 2 N–H and O–H groups in total. The molecule has 0 unspecified atom stereocenters. The van der Waals surface area contributed by atoms with E-state index >= 15 is 0 Å². The second-order valence-electron chi connectivity index (χ2n) is 4.91. The molecule has 0 aliphatic rings. The van der Waals surface area contributed by atoms with Crippen molar-refractivity contribution in [3.05, 3.63) is 41.6 Å². The fourth-order valence-electron chi connectivity index (χ4n) is 1.94. The summed E-state index contributed by atoms with van der Waals surface area (Å²) in [7, 11) is 0. The molecule has 0 radical (unpaired) electrons. The maximum atomic E-state index is 13.8. The van der Waals surface area contributed by atoms with Crippen LogP contribution in [0.1, 0.15) is 24.2 Å². The van der Waals surface area contributed by atoms with Crippen LogP contribution in [-0.4, -0.2) is 34.7 Å². The molecule has 0 fully saturated rings. The largest absolute Gasteiger partial charge is 0.457 e. The molecule has 1 amide bonds. The second kappa shape index (κ2) is 6.99. The van der Waals surface area contributed by atoms with Gasteiger partial charge in [-0.05, 0) is 19.1 Å². The van der Waals surface area contributed by atoms with Crippen molar-refractivity contribution in [2.45, 2.75) is 20.0 Å². The molecule has 23 heavy (non-hydrogen) atoms. The van der Waals surface area contributed by atoms with E-state index in [9.17, 15) is 18.4 Å². The average Bonchev–Trinajstić information content (AvgIpc) is 2.94. The van der Waals surface area contributed by atoms with Gasteiger partial charge in [0, 0.05) is 6.92 Å². The monoisotopic (exact) mass is 323 g/mol. The number of hydrogen-bond donors (Lipinski definition) is 2. The normalized spacial score (nSPS) is 11.8. The van der Waals surface area contributed by atoms with Crippen molar-refractivity contribution < 1.29 is 23.1 Å². The van der Waals surface area contributed by atoms with Crippen LogP contribution in [0.2, 0.25) is 0 Å². The molecule has 6 nitrogen and oxygen atoms in total. The van der Waals surface area contributed by atoms with Crippen molar-refractivity contribution in [3.8, 4) is 11.3 Å². The van der Waals surface area contributed by atoms with Crippen molar-refractivity contribution >= 4 is 11.9 Å². The standard InChI is InChI=1S/C15H15F2N3O3/c1-8(6-18-9(2)21)23-15(22)10-7-19-20-14(10)13-11(16)4-3-5-12(13)17/h3-5,7-8H,6H2,1-2H3,(H,18,21)(H,19,20)/t8-/m0/s1. The predicted molar refractivity (Wildman–Crippen MR) is 77.5 cm³/mol. The third-order valence-electron chi connectivity index (χ3n) is 3.02. The maximum absolute atomic E-state index is 13.8. The lowest BCUT2D eigenvalue weighted by molar-refractivity contribution is -0.119. The number of nitrogens with one attached hydrogen (secondary N) is 2. The van der Waals surface area contributed by atoms with Crippen molar-refractivity contribution in [1.29, 1.82) is 0 Å². The first-order valence-corrected chi connectivity index (χ1v) is 6.83. The number of hydrogen-bond acceptors (Lipinski definition) is 4. The van der Waals surface area contributed by atoms with Crippen molar-refractivity contribution in [1.82, 2.24) is 15.5 Å². The van der Waals surface area contributed by atoms with Crippen LogP contribution in [0.25, 0.3) is 11.3 Å². The van der Waals surface area contributed by atoms with Gasteiger partial charge in [-0.15, -0.1) is 0 Å². The third-order valence-corrected chi connectivity index (χ3v) is 3.02. The number of H-pyrrole nitrogens is 1. The Labute approximate surface area is 130 Å². The summed E-state index contributed by atoms with van der Waals surface area (Å²) in [4.78, 5) is 23.0. The highest BCUT2D eigenvalue weighted by atomic mass is 19.1. The Kier molecular flexibility index (Phi) is 5.05. The summed E-state index contributed by atoms with van der Waals surface area (Å²) in [5, 5.41) is 8.56. The number of benzene rings is 1. The first-order valence-electron chi connectivity index (χ1n) is 6.83. The number of halogens is 2. The number of esters is 1. The van der Waals surface area contributed by atoms with Crippen LogP contribution in [0.4, 0.5) is 8.78 Å². The fraction of sp³-hybridized carbons (Fsp3) is 0.267. The molecule has 1 atom stereocenters. The first-order chi connectivity index (χ1) is 10.9. The Balaban J connectivity index is 2.21. The van der Waals surface area contributed by atoms with E-state index in [0.29, 0.717) is 0 Å². The molecule has 1 aromatic heterocycles. The van der Waals surface area contributed by atoms with E-state index in [-0.39, 0.29) is 29.3 Å². The molecular weight excluding hydrogens is 308 g/mol. The van der Waals surface area contributed by atoms with Crippen LogP contribution in [-0.2, 0) is 9.53 Å². The van der Waals surface area contributed by atoms with E-state index in [0.717, 1.165) is 18.3 Å². The Morgan fingerprint density at radius 1 is 1.35 bits per heavy atom. The number of aromatic amines is 1. The number of aromatic nitrogens is 2. The second-order valence-corrected chi connectivity index (χ2v) is 4.91. The summed E-state index contributed by atoms with van der Waals surface area (Å²) in [6.45, 7) is 3.04. The molecule has 122 valence electrons. The van der Waals surface area contributed by atoms with Crippen molar-refractivity contribution in [3.63, 3.8) is 0 Å². The molecule has 2 aromatic rings. The lowest BCUT2D eigenvalue weighted by atomic mass is 10.1. The molecular formula is C15H15F2N3O3. The highest BCUT2D eigenvalue weighted by molar-refractivity contribution is 5.96. The third kappa shape index (κ3) is 3.91. The van der Waals surface area contributed by atoms with Gasteiger partial charge >= 0.3 is 5.97 Å². The molecule has 0 aliphatic carbocycles. The van der Waals surface area contributed by atoms with Gasteiger partial charge in [0.15, 0.2) is 0 Å². The van der Waals surface area contributed by atoms with Gasteiger partial charge in [0.2, 0.25) is 5.91 Å². The molecule has 0 saturated heterocycles.